The lowest BCUT2D eigenvalue weighted by Gasteiger charge is -2.62. The first-order chi connectivity index (χ1) is 38.0. The molecule has 0 aromatic carbocycles. The van der Waals surface area contributed by atoms with Crippen molar-refractivity contribution in [2.75, 3.05) is 40.3 Å². The second-order valence-corrected chi connectivity index (χ2v) is 27.6. The highest BCUT2D eigenvalue weighted by atomic mass is 19.1. The van der Waals surface area contributed by atoms with Crippen LogP contribution in [-0.4, -0.2) is 211 Å². The van der Waals surface area contributed by atoms with Crippen LogP contribution in [0.5, 0.6) is 0 Å². The number of alkyl halides is 1. The second kappa shape index (κ2) is 24.9. The molecule has 0 bridgehead atoms. The zero-order valence-corrected chi connectivity index (χ0v) is 52.0. The van der Waals surface area contributed by atoms with Crippen molar-refractivity contribution in [1.82, 2.24) is 15.1 Å². The van der Waals surface area contributed by atoms with Gasteiger partial charge in [-0.15, -0.1) is 0 Å². The second-order valence-electron chi connectivity index (χ2n) is 27.6. The highest BCUT2D eigenvalue weighted by Crippen LogP contribution is 2.70. The molecular weight excluding hydrogens is 1060 g/mol. The fraction of sp³-hybridized carbons (Fsp3) is 0.887. The fourth-order valence-electron chi connectivity index (χ4n) is 16.7. The number of cyclic esters (lactones) is 1. The zero-order valence-electron chi connectivity index (χ0n) is 52.0. The zero-order chi connectivity index (χ0) is 61.2. The van der Waals surface area contributed by atoms with Crippen LogP contribution in [0.25, 0.3) is 0 Å². The van der Waals surface area contributed by atoms with Crippen molar-refractivity contribution < 1.29 is 82.9 Å². The lowest BCUT2D eigenvalue weighted by atomic mass is 9.44. The molecule has 3 aliphatic heterocycles. The number of nitrogens with zero attached hydrogens (tertiary/aromatic N) is 2. The molecule has 82 heavy (non-hydrogen) atoms. The predicted molar refractivity (Wildman–Crippen MR) is 303 cm³/mol. The first kappa shape index (κ1) is 67.0. The third-order valence-electron chi connectivity index (χ3n) is 21.9. The lowest BCUT2D eigenvalue weighted by molar-refractivity contribution is -0.318. The van der Waals surface area contributed by atoms with Crippen molar-refractivity contribution in [3.63, 3.8) is 0 Å². The summed E-state index contributed by atoms with van der Waals surface area (Å²) < 4.78 is 56.3. The summed E-state index contributed by atoms with van der Waals surface area (Å²) in [5.41, 5.74) is -10.7. The minimum atomic E-state index is -2.13. The lowest BCUT2D eigenvalue weighted by Crippen LogP contribution is -2.70. The Morgan fingerprint density at radius 1 is 0.902 bits per heavy atom. The van der Waals surface area contributed by atoms with Gasteiger partial charge in [-0.1, -0.05) is 53.2 Å². The van der Waals surface area contributed by atoms with Gasteiger partial charge in [0.1, 0.15) is 30.0 Å². The first-order valence-electron chi connectivity index (χ1n) is 30.7. The Morgan fingerprint density at radius 3 is 2.21 bits per heavy atom. The van der Waals surface area contributed by atoms with Gasteiger partial charge in [0.25, 0.3) is 5.91 Å². The summed E-state index contributed by atoms with van der Waals surface area (Å²) in [7, 11) is 3.40. The smallest absolute Gasteiger partial charge is 0.311 e. The Bertz CT molecular complexity index is 2330. The summed E-state index contributed by atoms with van der Waals surface area (Å²) in [6.45, 7) is 25.8. The number of hydrogen-bond acceptors (Lipinski definition) is 18. The highest BCUT2D eigenvalue weighted by molar-refractivity contribution is 6.01. The maximum Gasteiger partial charge on any atom is 0.311 e. The molecular formula is C62H104FN3O16. The number of ether oxygens (including phenoxy) is 6. The Balaban J connectivity index is 1.16. The molecule has 19 nitrogen and oxygen atoms in total. The number of aliphatic hydroxyl groups is 7. The molecule has 470 valence electrons. The van der Waals surface area contributed by atoms with Gasteiger partial charge in [0.2, 0.25) is 0 Å². The van der Waals surface area contributed by atoms with E-state index in [4.69, 9.17) is 28.4 Å². The van der Waals surface area contributed by atoms with Crippen LogP contribution in [0.3, 0.4) is 0 Å². The van der Waals surface area contributed by atoms with E-state index in [1.807, 2.05) is 37.6 Å². The number of hydrogen-bond donors (Lipinski definition) is 8. The number of allylic oxidation sites excluding steroid dienone is 4. The number of carbonyl (C=O) groups is 3. The van der Waals surface area contributed by atoms with Crippen molar-refractivity contribution in [1.29, 1.82) is 0 Å². The largest absolute Gasteiger partial charge is 0.459 e. The van der Waals surface area contributed by atoms with Crippen LogP contribution in [0.1, 0.15) is 155 Å². The van der Waals surface area contributed by atoms with Crippen molar-refractivity contribution in [3.8, 4) is 0 Å². The van der Waals surface area contributed by atoms with Gasteiger partial charge >= 0.3 is 5.97 Å². The van der Waals surface area contributed by atoms with Crippen molar-refractivity contribution in [2.45, 2.75) is 262 Å². The molecule has 7 aliphatic rings. The van der Waals surface area contributed by atoms with E-state index < -0.39 is 148 Å². The molecule has 26 atom stereocenters. The maximum absolute atomic E-state index is 17.9. The van der Waals surface area contributed by atoms with E-state index in [9.17, 15) is 50.1 Å². The predicted octanol–water partition coefficient (Wildman–Crippen LogP) is 4.52. The van der Waals surface area contributed by atoms with Crippen LogP contribution in [0, 0.1) is 46.3 Å². The number of rotatable bonds is 13. The van der Waals surface area contributed by atoms with E-state index in [1.54, 1.807) is 75.3 Å². The quantitative estimate of drug-likeness (QED) is 0.0931. The Morgan fingerprint density at radius 2 is 1.57 bits per heavy atom. The van der Waals surface area contributed by atoms with E-state index in [1.165, 1.54) is 26.2 Å². The molecule has 6 fully saturated rings. The van der Waals surface area contributed by atoms with Gasteiger partial charge in [0.05, 0.1) is 47.6 Å². The van der Waals surface area contributed by atoms with Gasteiger partial charge in [-0.25, -0.2) is 4.39 Å². The average molecular weight is 1170 g/mol. The molecule has 0 aromatic heterocycles. The van der Waals surface area contributed by atoms with Crippen molar-refractivity contribution >= 4 is 17.7 Å². The molecule has 3 heterocycles. The number of ketones is 1. The standard InChI is InChI=1S/C62H104FN3O16/c1-17-46-60(14,75)50(70)38(8)66(25-19-24-64-55(73)62(76)34(4)26-43-42-21-20-40-28-41(67)22-23-56(40,10)61(42,63)45(68)30-57(43,62)11)32-33(3)29-58(12,74)52(82-54-48(69)44(65(15)18-2)27-35(5)78-54)36(6)49(37(7)53(72)80-46)81-47-31-59(13,77-16)51(71)39(9)79-47/h22-23,28,33-39,42-52,54,68-71,74-76H,17-21,24-27,29-32H2,1-16H3,(H,64,73)/t33-,34-,35-,36-,37-,38-,39+,42?,43?,44+,45+,46-,47?,48-,49+,50-,51+,52-,54?,56+,57+,58-,59-,60-,61+,62+/m1/s1. The number of carbonyl (C=O) groups excluding carboxylic acids is 3. The van der Waals surface area contributed by atoms with Gasteiger partial charge < -0.3 is 74.4 Å². The number of aliphatic hydroxyl groups excluding tert-OH is 4. The van der Waals surface area contributed by atoms with Crippen LogP contribution in [0.15, 0.2) is 23.8 Å². The molecule has 7 rings (SSSR count). The van der Waals surface area contributed by atoms with Crippen molar-refractivity contribution in [3.05, 3.63) is 23.8 Å². The topological polar surface area (TPSA) is 267 Å². The monoisotopic (exact) mass is 1170 g/mol. The summed E-state index contributed by atoms with van der Waals surface area (Å²) in [6.07, 6.45) is -5.60. The number of fused-ring (bicyclic) bond motifs is 5. The molecule has 3 saturated heterocycles. The number of likely N-dealkylation sites (N-methyl/N-ethyl adjacent to an activating group) is 1. The minimum Gasteiger partial charge on any atom is -0.459 e. The van der Waals surface area contributed by atoms with Crippen LogP contribution in [0.2, 0.25) is 0 Å². The summed E-state index contributed by atoms with van der Waals surface area (Å²) in [6, 6.07) is -1.15. The van der Waals surface area contributed by atoms with Crippen LogP contribution in [0.4, 0.5) is 4.39 Å². The van der Waals surface area contributed by atoms with Crippen LogP contribution < -0.4 is 5.32 Å². The first-order valence-corrected chi connectivity index (χ1v) is 30.7. The van der Waals surface area contributed by atoms with Gasteiger partial charge in [0, 0.05) is 67.9 Å². The Hall–Kier alpha value is -2.54. The van der Waals surface area contributed by atoms with Gasteiger partial charge in [-0.2, -0.15) is 0 Å². The molecule has 4 unspecified atom stereocenters. The minimum absolute atomic E-state index is 0.0648. The Labute approximate surface area is 487 Å². The SMILES string of the molecule is CC[C@H]1OC(=O)[C@H](C)[C@@H](OC2C[C@@](C)(OC)[C@@H](O)[C@H](C)O2)[C@@H](C)[C@@H](OC2O[C@H](C)C[C@H](N(C)CC)[C@H]2O)[C@](C)(O)C[C@@H](C)CN(CCCNC(=O)[C@@]2(O)[C@H](C)CC3C4CCC5=CC(=O)C=C[C@]5(C)[C@@]4(F)[C@@H](O)C[C@@]32C)[C@H](C)[C@@H](O)[C@]1(C)O. The van der Waals surface area contributed by atoms with E-state index in [0.29, 0.717) is 44.2 Å². The summed E-state index contributed by atoms with van der Waals surface area (Å²) >= 11 is 0. The van der Waals surface area contributed by atoms with Crippen molar-refractivity contribution in [2.24, 2.45) is 46.3 Å². The third-order valence-corrected chi connectivity index (χ3v) is 21.9. The molecule has 1 amide bonds. The van der Waals surface area contributed by atoms with Crippen LogP contribution in [-0.2, 0) is 42.8 Å². The molecule has 20 heteroatoms. The highest BCUT2D eigenvalue weighted by Gasteiger charge is 2.76. The van der Waals surface area contributed by atoms with E-state index in [0.717, 1.165) is 0 Å². The molecule has 3 saturated carbocycles. The van der Waals surface area contributed by atoms with E-state index in [-0.39, 0.29) is 69.2 Å². The normalized spacial score (nSPS) is 49.9. The van der Waals surface area contributed by atoms with Gasteiger partial charge in [0.15, 0.2) is 29.6 Å². The Kier molecular flexibility index (Phi) is 20.3. The van der Waals surface area contributed by atoms with Gasteiger partial charge in [-0.3, -0.25) is 19.3 Å². The third kappa shape index (κ3) is 11.9. The van der Waals surface area contributed by atoms with E-state index in [2.05, 4.69) is 5.32 Å². The number of amides is 1. The molecule has 4 aliphatic carbocycles. The number of nitrogens with one attached hydrogen (secondary N) is 1. The average Bonchev–Trinajstić information content (AvgIpc) is 1.39. The summed E-state index contributed by atoms with van der Waals surface area (Å²) in [5.74, 6) is -5.72. The molecule has 0 radical (unpaired) electrons. The maximum atomic E-state index is 17.9. The fourth-order valence-corrected chi connectivity index (χ4v) is 16.7. The molecule has 0 aromatic rings. The molecule has 8 N–H and O–H groups in total. The van der Waals surface area contributed by atoms with E-state index >= 15 is 4.39 Å². The number of halogens is 1. The molecule has 0 spiro atoms. The van der Waals surface area contributed by atoms with Crippen LogP contribution >= 0.6 is 0 Å². The van der Waals surface area contributed by atoms with Gasteiger partial charge in [-0.05, 0) is 150 Å². The number of methoxy groups -OCH3 is 1. The number of esters is 1. The summed E-state index contributed by atoms with van der Waals surface area (Å²) in [4.78, 5) is 45.8. The summed E-state index contributed by atoms with van der Waals surface area (Å²) in [5, 5.41) is 88.7.